The van der Waals surface area contributed by atoms with Crippen LogP contribution in [0.1, 0.15) is 13.3 Å². The molecule has 0 saturated heterocycles. The Morgan fingerprint density at radius 1 is 1.47 bits per heavy atom. The maximum absolute atomic E-state index is 11.6. The van der Waals surface area contributed by atoms with Crippen molar-refractivity contribution in [1.29, 1.82) is 0 Å². The summed E-state index contributed by atoms with van der Waals surface area (Å²) in [6.07, 6.45) is 2.57. The molecule has 6 heteroatoms. The van der Waals surface area contributed by atoms with Crippen molar-refractivity contribution in [3.05, 3.63) is 12.7 Å². The van der Waals surface area contributed by atoms with Crippen molar-refractivity contribution < 1.29 is 9.59 Å². The van der Waals surface area contributed by atoms with Crippen molar-refractivity contribution in [2.45, 2.75) is 25.4 Å². The molecule has 2 amide bonds. The number of amides is 2. The number of primary amides is 1. The van der Waals surface area contributed by atoms with E-state index in [0.717, 1.165) is 6.42 Å². The smallest absolute Gasteiger partial charge is 0.241 e. The lowest BCUT2D eigenvalue weighted by Gasteiger charge is -2.18. The molecule has 5 N–H and O–H groups in total. The van der Waals surface area contributed by atoms with E-state index in [1.54, 1.807) is 20.0 Å². The summed E-state index contributed by atoms with van der Waals surface area (Å²) in [5, 5.41) is 8.39. The van der Waals surface area contributed by atoms with Gasteiger partial charge < -0.3 is 21.7 Å². The third kappa shape index (κ3) is 6.70. The highest BCUT2D eigenvalue weighted by Crippen LogP contribution is 1.86. The molecule has 0 bridgehead atoms. The first kappa shape index (κ1) is 15.6. The van der Waals surface area contributed by atoms with Gasteiger partial charge in [0, 0.05) is 6.54 Å². The van der Waals surface area contributed by atoms with Crippen LogP contribution in [0.25, 0.3) is 0 Å². The van der Waals surface area contributed by atoms with E-state index in [1.165, 1.54) is 0 Å². The van der Waals surface area contributed by atoms with Crippen LogP contribution in [0.3, 0.4) is 0 Å². The van der Waals surface area contributed by atoms with Gasteiger partial charge in [-0.25, -0.2) is 0 Å². The molecule has 0 rings (SSSR count). The van der Waals surface area contributed by atoms with Crippen LogP contribution in [0.15, 0.2) is 12.7 Å². The minimum atomic E-state index is -0.692. The predicted molar refractivity (Wildman–Crippen MR) is 67.3 cm³/mol. The molecule has 0 saturated carbocycles. The maximum atomic E-state index is 11.6. The Bertz CT molecular complexity index is 268. The Hall–Kier alpha value is -1.40. The molecule has 6 nitrogen and oxygen atoms in total. The Morgan fingerprint density at radius 3 is 2.59 bits per heavy atom. The van der Waals surface area contributed by atoms with E-state index in [9.17, 15) is 9.59 Å². The molecule has 0 fully saturated rings. The number of nitrogens with one attached hydrogen (secondary N) is 3. The fourth-order valence-corrected chi connectivity index (χ4v) is 1.10. The summed E-state index contributed by atoms with van der Waals surface area (Å²) in [5.41, 5.74) is 5.21. The number of hydrogen-bond acceptors (Lipinski definition) is 4. The second kappa shape index (κ2) is 8.72. The van der Waals surface area contributed by atoms with Crippen molar-refractivity contribution >= 4 is 11.8 Å². The predicted octanol–water partition coefficient (Wildman–Crippen LogP) is -1.27. The first-order valence-corrected chi connectivity index (χ1v) is 5.61. The monoisotopic (exact) mass is 242 g/mol. The van der Waals surface area contributed by atoms with E-state index >= 15 is 0 Å². The largest absolute Gasteiger partial charge is 0.368 e. The van der Waals surface area contributed by atoms with Crippen molar-refractivity contribution in [3.63, 3.8) is 0 Å². The highest BCUT2D eigenvalue weighted by atomic mass is 16.2. The van der Waals surface area contributed by atoms with Crippen LogP contribution < -0.4 is 21.7 Å². The van der Waals surface area contributed by atoms with Crippen LogP contribution in [-0.4, -0.2) is 44.0 Å². The molecular formula is C11H22N4O2. The molecule has 17 heavy (non-hydrogen) atoms. The molecule has 0 aliphatic heterocycles. The van der Waals surface area contributed by atoms with Gasteiger partial charge in [0.05, 0.1) is 6.04 Å². The Balaban J connectivity index is 4.10. The summed E-state index contributed by atoms with van der Waals surface area (Å²) >= 11 is 0. The van der Waals surface area contributed by atoms with E-state index in [1.807, 2.05) is 0 Å². The maximum Gasteiger partial charge on any atom is 0.241 e. The third-order valence-electron chi connectivity index (χ3n) is 2.36. The highest BCUT2D eigenvalue weighted by molar-refractivity contribution is 5.88. The van der Waals surface area contributed by atoms with Gasteiger partial charge in [-0.05, 0) is 26.9 Å². The molecule has 0 aromatic rings. The summed E-state index contributed by atoms with van der Waals surface area (Å²) < 4.78 is 0. The van der Waals surface area contributed by atoms with Crippen LogP contribution in [0, 0.1) is 0 Å². The van der Waals surface area contributed by atoms with Crippen molar-refractivity contribution in [2.24, 2.45) is 5.73 Å². The fourth-order valence-electron chi connectivity index (χ4n) is 1.10. The molecule has 0 aromatic heterocycles. The van der Waals surface area contributed by atoms with Gasteiger partial charge in [-0.15, -0.1) is 6.58 Å². The van der Waals surface area contributed by atoms with Gasteiger partial charge in [0.15, 0.2) is 0 Å². The van der Waals surface area contributed by atoms with Gasteiger partial charge in [-0.2, -0.15) is 0 Å². The van der Waals surface area contributed by atoms with Gasteiger partial charge in [-0.1, -0.05) is 6.08 Å². The van der Waals surface area contributed by atoms with Crippen LogP contribution in [-0.2, 0) is 9.59 Å². The molecule has 0 radical (unpaired) electrons. The molecule has 0 aliphatic carbocycles. The zero-order chi connectivity index (χ0) is 13.3. The molecule has 0 spiro atoms. The topological polar surface area (TPSA) is 96.2 Å². The molecule has 0 aromatic carbocycles. The second-order valence-electron chi connectivity index (χ2n) is 3.76. The number of carbonyl (C=O) groups excluding carboxylic acids is 2. The number of carbonyl (C=O) groups is 2. The van der Waals surface area contributed by atoms with E-state index in [0.29, 0.717) is 13.1 Å². The lowest BCUT2D eigenvalue weighted by Crippen LogP contribution is -2.54. The van der Waals surface area contributed by atoms with Crippen molar-refractivity contribution in [1.82, 2.24) is 16.0 Å². The molecule has 98 valence electrons. The molecule has 2 unspecified atom stereocenters. The Kier molecular flexibility index (Phi) is 8.00. The first-order chi connectivity index (χ1) is 8.02. The van der Waals surface area contributed by atoms with Gasteiger partial charge in [0.25, 0.3) is 0 Å². The standard InChI is InChI=1S/C11H22N4O2/c1-4-5-6-14-7-9(10(12)16)15-11(17)8(2)13-3/h4,8-9,13-14H,1,5-7H2,2-3H3,(H2,12,16)(H,15,17). The van der Waals surface area contributed by atoms with Gasteiger partial charge in [-0.3, -0.25) is 9.59 Å². The Labute approximate surface area is 102 Å². The minimum absolute atomic E-state index is 0.248. The molecule has 0 aliphatic rings. The highest BCUT2D eigenvalue weighted by Gasteiger charge is 2.19. The normalized spacial score (nSPS) is 13.8. The molecular weight excluding hydrogens is 220 g/mol. The number of nitrogens with two attached hydrogens (primary N) is 1. The summed E-state index contributed by atoms with van der Waals surface area (Å²) in [6.45, 7) is 6.32. The van der Waals surface area contributed by atoms with Gasteiger partial charge in [0.1, 0.15) is 6.04 Å². The van der Waals surface area contributed by atoms with Crippen LogP contribution in [0.5, 0.6) is 0 Å². The average Bonchev–Trinajstić information content (AvgIpc) is 2.31. The van der Waals surface area contributed by atoms with Crippen LogP contribution in [0.4, 0.5) is 0 Å². The van der Waals surface area contributed by atoms with E-state index in [4.69, 9.17) is 5.73 Å². The fraction of sp³-hybridized carbons (Fsp3) is 0.636. The summed E-state index contributed by atoms with van der Waals surface area (Å²) in [6, 6.07) is -1.05. The zero-order valence-electron chi connectivity index (χ0n) is 10.5. The third-order valence-corrected chi connectivity index (χ3v) is 2.36. The number of likely N-dealkylation sites (N-methyl/N-ethyl adjacent to an activating group) is 1. The van der Waals surface area contributed by atoms with Gasteiger partial charge in [0.2, 0.25) is 11.8 Å². The van der Waals surface area contributed by atoms with E-state index in [2.05, 4.69) is 22.5 Å². The lowest BCUT2D eigenvalue weighted by molar-refractivity contribution is -0.128. The average molecular weight is 242 g/mol. The van der Waals surface area contributed by atoms with E-state index < -0.39 is 11.9 Å². The minimum Gasteiger partial charge on any atom is -0.368 e. The Morgan fingerprint density at radius 2 is 2.12 bits per heavy atom. The summed E-state index contributed by atoms with van der Waals surface area (Å²) in [7, 11) is 1.67. The van der Waals surface area contributed by atoms with Crippen molar-refractivity contribution in [2.75, 3.05) is 20.1 Å². The van der Waals surface area contributed by atoms with Crippen LogP contribution >= 0.6 is 0 Å². The van der Waals surface area contributed by atoms with E-state index in [-0.39, 0.29) is 11.9 Å². The summed E-state index contributed by atoms with van der Waals surface area (Å²) in [4.78, 5) is 22.7. The SMILES string of the molecule is C=CCCNCC(NC(=O)C(C)NC)C(N)=O. The zero-order valence-corrected chi connectivity index (χ0v) is 10.5. The summed E-state index contributed by atoms with van der Waals surface area (Å²) in [5.74, 6) is -0.797. The number of rotatable bonds is 9. The second-order valence-corrected chi connectivity index (χ2v) is 3.76. The van der Waals surface area contributed by atoms with Gasteiger partial charge >= 0.3 is 0 Å². The quantitative estimate of drug-likeness (QED) is 0.299. The lowest BCUT2D eigenvalue weighted by atomic mass is 10.2. The molecule has 0 heterocycles. The first-order valence-electron chi connectivity index (χ1n) is 5.61. The molecule has 2 atom stereocenters. The number of hydrogen-bond donors (Lipinski definition) is 4. The van der Waals surface area contributed by atoms with Crippen LogP contribution in [0.2, 0.25) is 0 Å². The van der Waals surface area contributed by atoms with Crippen molar-refractivity contribution in [3.8, 4) is 0 Å².